The molecule has 3 heterocycles. The number of hydrogen-bond donors (Lipinski definition) is 3. The normalized spacial score (nSPS) is 23.2. The van der Waals surface area contributed by atoms with Crippen LogP contribution in [0.15, 0.2) is 23.3 Å². The third-order valence-electron chi connectivity index (χ3n) is 6.56. The number of hydrogen-bond acceptors (Lipinski definition) is 6. The Hall–Kier alpha value is -2.77. The smallest absolute Gasteiger partial charge is 0.343 e. The summed E-state index contributed by atoms with van der Waals surface area (Å²) in [6.07, 6.45) is 1.96. The molecule has 2 atom stereocenters. The summed E-state index contributed by atoms with van der Waals surface area (Å²) in [4.78, 5) is 17.1. The second-order valence-corrected chi connectivity index (χ2v) is 8.54. The topological polar surface area (TPSA) is 97.5 Å². The molecule has 1 aromatic carbocycles. The zero-order valence-electron chi connectivity index (χ0n) is 18.5. The van der Waals surface area contributed by atoms with Crippen molar-refractivity contribution in [2.75, 3.05) is 6.61 Å². The predicted octanol–water partition coefficient (Wildman–Crippen LogP) is 3.47. The van der Waals surface area contributed by atoms with Crippen LogP contribution in [0.5, 0.6) is 0 Å². The third-order valence-corrected chi connectivity index (χ3v) is 6.56. The molecular formula is C24H28FN3O3. The second kappa shape index (κ2) is 7.43. The average Bonchev–Trinajstić information content (AvgIpc) is 3.13. The van der Waals surface area contributed by atoms with Crippen LogP contribution < -0.4 is 11.1 Å². The van der Waals surface area contributed by atoms with E-state index in [1.807, 2.05) is 20.8 Å². The Morgan fingerprint density at radius 3 is 2.74 bits per heavy atom. The van der Waals surface area contributed by atoms with Crippen LogP contribution in [-0.4, -0.2) is 28.3 Å². The first-order valence-electron chi connectivity index (χ1n) is 10.5. The van der Waals surface area contributed by atoms with Crippen LogP contribution in [0.1, 0.15) is 61.2 Å². The van der Waals surface area contributed by atoms with E-state index in [4.69, 9.17) is 15.5 Å². The number of pyridine rings is 1. The van der Waals surface area contributed by atoms with Gasteiger partial charge in [-0.1, -0.05) is 6.92 Å². The molecule has 2 aliphatic heterocycles. The number of benzene rings is 1. The van der Waals surface area contributed by atoms with Crippen molar-refractivity contribution in [3.8, 4) is 0 Å². The highest BCUT2D eigenvalue weighted by atomic mass is 19.1. The minimum atomic E-state index is -1.71. The van der Waals surface area contributed by atoms with Gasteiger partial charge in [0, 0.05) is 29.6 Å². The molecule has 0 saturated heterocycles. The van der Waals surface area contributed by atoms with Gasteiger partial charge in [0.25, 0.3) is 0 Å². The van der Waals surface area contributed by atoms with E-state index in [1.165, 1.54) is 6.07 Å². The van der Waals surface area contributed by atoms with Gasteiger partial charge >= 0.3 is 5.97 Å². The van der Waals surface area contributed by atoms with Gasteiger partial charge in [-0.15, -0.1) is 0 Å². The molecule has 0 aliphatic carbocycles. The summed E-state index contributed by atoms with van der Waals surface area (Å²) in [5.74, 6) is -0.958. The first kappa shape index (κ1) is 21.5. The molecule has 0 bridgehead atoms. The van der Waals surface area contributed by atoms with Gasteiger partial charge in [0.05, 0.1) is 16.9 Å². The molecule has 0 radical (unpaired) electrons. The van der Waals surface area contributed by atoms with Crippen molar-refractivity contribution in [3.05, 3.63) is 57.1 Å². The predicted molar refractivity (Wildman–Crippen MR) is 117 cm³/mol. The monoisotopic (exact) mass is 425 g/mol. The third kappa shape index (κ3) is 3.15. The first-order valence-corrected chi connectivity index (χ1v) is 10.5. The van der Waals surface area contributed by atoms with Crippen molar-refractivity contribution in [2.45, 2.75) is 59.2 Å². The molecule has 0 saturated carbocycles. The van der Waals surface area contributed by atoms with Crippen molar-refractivity contribution in [1.29, 1.82) is 0 Å². The summed E-state index contributed by atoms with van der Waals surface area (Å²) in [7, 11) is 0. The van der Waals surface area contributed by atoms with E-state index in [0.29, 0.717) is 34.6 Å². The molecule has 4 rings (SSSR count). The summed E-state index contributed by atoms with van der Waals surface area (Å²) in [5, 5.41) is 15.2. The second-order valence-electron chi connectivity index (χ2n) is 8.54. The fraction of sp³-hybridized carbons (Fsp3) is 0.417. The van der Waals surface area contributed by atoms with Crippen LogP contribution in [0.4, 0.5) is 4.39 Å². The zero-order chi connectivity index (χ0) is 22.7. The van der Waals surface area contributed by atoms with Gasteiger partial charge in [-0.05, 0) is 68.0 Å². The van der Waals surface area contributed by atoms with Gasteiger partial charge in [-0.3, -0.25) is 0 Å². The lowest BCUT2D eigenvalue weighted by atomic mass is 9.85. The number of nitrogens with two attached hydrogens (primary N) is 1. The number of nitrogens with one attached hydrogen (secondary N) is 1. The SMILES string of the molecule is CCC1(O)C(=O)OCC(C)=C1/C=C1\NCc2c1nc1cc(F)c(C)c(C)c1c2C(C)N. The molecule has 2 aliphatic rings. The van der Waals surface area contributed by atoms with Gasteiger partial charge in [-0.2, -0.15) is 0 Å². The average molecular weight is 426 g/mol. The Labute approximate surface area is 181 Å². The van der Waals surface area contributed by atoms with E-state index < -0.39 is 11.6 Å². The minimum Gasteiger partial charge on any atom is -0.459 e. The fourth-order valence-electron chi connectivity index (χ4n) is 4.60. The van der Waals surface area contributed by atoms with E-state index in [2.05, 4.69) is 5.32 Å². The molecule has 164 valence electrons. The van der Waals surface area contributed by atoms with E-state index in [9.17, 15) is 14.3 Å². The zero-order valence-corrected chi connectivity index (χ0v) is 18.5. The minimum absolute atomic E-state index is 0.132. The number of esters is 1. The molecular weight excluding hydrogens is 397 g/mol. The van der Waals surface area contributed by atoms with Crippen LogP contribution in [0.2, 0.25) is 0 Å². The summed E-state index contributed by atoms with van der Waals surface area (Å²) in [5.41, 5.74) is 11.2. The molecule has 2 aromatic rings. The lowest BCUT2D eigenvalue weighted by molar-refractivity contribution is -0.162. The van der Waals surface area contributed by atoms with Crippen LogP contribution in [0.25, 0.3) is 16.6 Å². The maximum Gasteiger partial charge on any atom is 0.343 e. The number of carbonyl (C=O) groups is 1. The highest BCUT2D eigenvalue weighted by Gasteiger charge is 2.43. The van der Waals surface area contributed by atoms with Crippen molar-refractivity contribution in [1.82, 2.24) is 10.3 Å². The Bertz CT molecular complexity index is 1180. The van der Waals surface area contributed by atoms with Gasteiger partial charge in [0.15, 0.2) is 5.60 Å². The molecule has 4 N–H and O–H groups in total. The van der Waals surface area contributed by atoms with Crippen molar-refractivity contribution < 1.29 is 19.0 Å². The number of carbonyl (C=O) groups excluding carboxylic acids is 1. The van der Waals surface area contributed by atoms with Crippen LogP contribution in [0.3, 0.4) is 0 Å². The standard InChI is InChI=1S/C24H28FN3O3/c1-6-24(30)16(11(2)10-31-23(24)29)7-19-22-15(9-27-19)21(14(5)26)20-13(4)12(3)17(25)8-18(20)28-22/h7-8,14,27,30H,6,9-10,26H2,1-5H3/b19-7-. The van der Waals surface area contributed by atoms with Crippen molar-refractivity contribution >= 4 is 22.6 Å². The lowest BCUT2D eigenvalue weighted by Crippen LogP contribution is -2.45. The highest BCUT2D eigenvalue weighted by Crippen LogP contribution is 2.39. The Balaban J connectivity index is 1.98. The van der Waals surface area contributed by atoms with Crippen LogP contribution in [-0.2, 0) is 16.1 Å². The molecule has 1 aromatic heterocycles. The van der Waals surface area contributed by atoms with Gasteiger partial charge in [0.2, 0.25) is 0 Å². The Morgan fingerprint density at radius 1 is 1.39 bits per heavy atom. The van der Waals surface area contributed by atoms with E-state index in [-0.39, 0.29) is 24.9 Å². The Kier molecular flexibility index (Phi) is 5.14. The van der Waals surface area contributed by atoms with Crippen molar-refractivity contribution in [3.63, 3.8) is 0 Å². The summed E-state index contributed by atoms with van der Waals surface area (Å²) in [6.45, 7) is 9.78. The summed E-state index contributed by atoms with van der Waals surface area (Å²) in [6, 6.07) is 1.17. The van der Waals surface area contributed by atoms with Gasteiger partial charge < -0.3 is 20.9 Å². The number of cyclic esters (lactones) is 1. The summed E-state index contributed by atoms with van der Waals surface area (Å²) >= 11 is 0. The maximum absolute atomic E-state index is 14.5. The van der Waals surface area contributed by atoms with Crippen LogP contribution >= 0.6 is 0 Å². The molecule has 7 heteroatoms. The molecule has 0 fully saturated rings. The molecule has 2 unspecified atom stereocenters. The van der Waals surface area contributed by atoms with E-state index in [1.54, 1.807) is 19.9 Å². The largest absolute Gasteiger partial charge is 0.459 e. The fourth-order valence-corrected chi connectivity index (χ4v) is 4.60. The highest BCUT2D eigenvalue weighted by molar-refractivity contribution is 5.92. The van der Waals surface area contributed by atoms with E-state index >= 15 is 0 Å². The summed E-state index contributed by atoms with van der Waals surface area (Å²) < 4.78 is 19.6. The number of aromatic nitrogens is 1. The maximum atomic E-state index is 14.5. The quantitative estimate of drug-likeness (QED) is 0.652. The number of halogens is 1. The Morgan fingerprint density at radius 2 is 2.10 bits per heavy atom. The van der Waals surface area contributed by atoms with Gasteiger partial charge in [0.1, 0.15) is 12.4 Å². The number of aryl methyl sites for hydroxylation is 1. The number of nitrogens with zero attached hydrogens (tertiary/aromatic N) is 1. The van der Waals surface area contributed by atoms with Crippen molar-refractivity contribution in [2.24, 2.45) is 5.73 Å². The number of aliphatic hydroxyl groups is 1. The lowest BCUT2D eigenvalue weighted by Gasteiger charge is -2.32. The van der Waals surface area contributed by atoms with Crippen LogP contribution in [0, 0.1) is 19.7 Å². The first-order chi connectivity index (χ1) is 14.6. The number of ether oxygens (including phenoxy) is 1. The number of rotatable bonds is 3. The van der Waals surface area contributed by atoms with E-state index in [0.717, 1.165) is 27.6 Å². The molecule has 0 spiro atoms. The molecule has 6 nitrogen and oxygen atoms in total. The molecule has 31 heavy (non-hydrogen) atoms. The number of fused-ring (bicyclic) bond motifs is 2. The molecule has 0 amide bonds. The van der Waals surface area contributed by atoms with Gasteiger partial charge in [-0.25, -0.2) is 14.2 Å².